The van der Waals surface area contributed by atoms with Crippen molar-refractivity contribution in [1.82, 2.24) is 14.4 Å². The number of benzene rings is 2. The zero-order valence-corrected chi connectivity index (χ0v) is 20.5. The van der Waals surface area contributed by atoms with Crippen LogP contribution >= 0.6 is 0 Å². The van der Waals surface area contributed by atoms with E-state index in [0.29, 0.717) is 42.7 Å². The van der Waals surface area contributed by atoms with E-state index >= 15 is 0 Å². The Labute approximate surface area is 210 Å². The van der Waals surface area contributed by atoms with E-state index in [9.17, 15) is 19.2 Å². The monoisotopic (exact) mass is 486 g/mol. The molecule has 8 heteroatoms. The summed E-state index contributed by atoms with van der Waals surface area (Å²) in [6.45, 7) is 5.32. The molecule has 0 unspecified atom stereocenters. The number of likely N-dealkylation sites (tertiary alicyclic amines) is 1. The maximum atomic E-state index is 13.3. The lowest BCUT2D eigenvalue weighted by molar-refractivity contribution is -0.130. The Morgan fingerprint density at radius 2 is 1.44 bits per heavy atom. The van der Waals surface area contributed by atoms with Crippen LogP contribution in [-0.4, -0.2) is 77.0 Å². The van der Waals surface area contributed by atoms with Gasteiger partial charge < -0.3 is 19.3 Å². The molecule has 0 aliphatic carbocycles. The lowest BCUT2D eigenvalue weighted by atomic mass is 10.1. The van der Waals surface area contributed by atoms with E-state index in [4.69, 9.17) is 0 Å². The van der Waals surface area contributed by atoms with E-state index in [1.165, 1.54) is 0 Å². The maximum Gasteiger partial charge on any atom is 0.295 e. The molecule has 186 valence electrons. The van der Waals surface area contributed by atoms with Crippen molar-refractivity contribution in [2.75, 3.05) is 44.2 Å². The number of nitrogens with zero attached hydrogens (tertiary/aromatic N) is 4. The number of anilines is 1. The number of Topliss-reactive ketones (excluding diaryl/α,β-unsaturated/α-hetero) is 2. The first-order valence-electron chi connectivity index (χ1n) is 12.5. The molecule has 2 fully saturated rings. The van der Waals surface area contributed by atoms with Gasteiger partial charge in [-0.1, -0.05) is 18.2 Å². The summed E-state index contributed by atoms with van der Waals surface area (Å²) in [6, 6.07) is 14.9. The zero-order chi connectivity index (χ0) is 25.2. The second-order valence-electron chi connectivity index (χ2n) is 9.49. The first-order valence-corrected chi connectivity index (χ1v) is 12.5. The predicted octanol–water partition coefficient (Wildman–Crippen LogP) is 3.00. The van der Waals surface area contributed by atoms with Gasteiger partial charge in [-0.2, -0.15) is 0 Å². The Morgan fingerprint density at radius 3 is 2.11 bits per heavy atom. The summed E-state index contributed by atoms with van der Waals surface area (Å²) in [7, 11) is 0. The Hall–Kier alpha value is -3.94. The Morgan fingerprint density at radius 1 is 0.778 bits per heavy atom. The van der Waals surface area contributed by atoms with Crippen LogP contribution in [0.5, 0.6) is 0 Å². The second kappa shape index (κ2) is 9.97. The molecule has 0 N–H and O–H groups in total. The molecule has 2 aliphatic rings. The highest BCUT2D eigenvalue weighted by Crippen LogP contribution is 2.24. The summed E-state index contributed by atoms with van der Waals surface area (Å²) in [5.41, 5.74) is 2.77. The molecule has 8 nitrogen and oxygen atoms in total. The van der Waals surface area contributed by atoms with E-state index in [0.717, 1.165) is 37.1 Å². The number of aromatic nitrogens is 1. The van der Waals surface area contributed by atoms with Crippen molar-refractivity contribution < 1.29 is 19.2 Å². The molecule has 3 heterocycles. The summed E-state index contributed by atoms with van der Waals surface area (Å²) >= 11 is 0. The van der Waals surface area contributed by atoms with Crippen LogP contribution in [0.3, 0.4) is 0 Å². The van der Waals surface area contributed by atoms with Crippen LogP contribution in [0, 0.1) is 0 Å². The molecule has 2 aromatic carbocycles. The number of rotatable bonds is 6. The standard InChI is InChI=1S/C28H30N4O4/c1-20(33)21-8-10-22(11-9-21)29-14-16-31(17-15-29)28(36)27(35)24-18-32(25-7-3-2-6-23(24)25)19-26(34)30-12-4-5-13-30/h2-3,6-11,18H,4-5,12-17,19H2,1H3. The Kier molecular flexibility index (Phi) is 6.59. The van der Waals surface area contributed by atoms with Gasteiger partial charge in [0.05, 0.1) is 5.56 Å². The normalized spacial score (nSPS) is 16.0. The van der Waals surface area contributed by atoms with Crippen molar-refractivity contribution in [1.29, 1.82) is 0 Å². The van der Waals surface area contributed by atoms with Gasteiger partial charge in [0.25, 0.3) is 11.7 Å². The van der Waals surface area contributed by atoms with E-state index in [1.807, 2.05) is 53.4 Å². The molecule has 5 rings (SSSR count). The molecular formula is C28H30N4O4. The van der Waals surface area contributed by atoms with Crippen LogP contribution in [0.4, 0.5) is 5.69 Å². The summed E-state index contributed by atoms with van der Waals surface area (Å²) in [6.07, 6.45) is 3.70. The third-order valence-corrected chi connectivity index (χ3v) is 7.20. The van der Waals surface area contributed by atoms with Gasteiger partial charge in [0.15, 0.2) is 5.78 Å². The van der Waals surface area contributed by atoms with Gasteiger partial charge in [-0.05, 0) is 50.1 Å². The number of carbonyl (C=O) groups is 4. The molecule has 0 radical (unpaired) electrons. The first kappa shape index (κ1) is 23.8. The van der Waals surface area contributed by atoms with Crippen LogP contribution in [-0.2, 0) is 16.1 Å². The van der Waals surface area contributed by atoms with Gasteiger partial charge >= 0.3 is 0 Å². The van der Waals surface area contributed by atoms with E-state index < -0.39 is 11.7 Å². The van der Waals surface area contributed by atoms with Crippen LogP contribution in [0.1, 0.15) is 40.5 Å². The molecule has 0 bridgehead atoms. The first-order chi connectivity index (χ1) is 17.4. The number of ketones is 2. The fraction of sp³-hybridized carbons (Fsp3) is 0.357. The molecule has 0 saturated carbocycles. The molecule has 2 saturated heterocycles. The number of hydrogen-bond donors (Lipinski definition) is 0. The fourth-order valence-electron chi connectivity index (χ4n) is 5.10. The number of carbonyl (C=O) groups excluding carboxylic acids is 4. The third-order valence-electron chi connectivity index (χ3n) is 7.20. The summed E-state index contributed by atoms with van der Waals surface area (Å²) < 4.78 is 1.79. The molecule has 2 amide bonds. The highest BCUT2D eigenvalue weighted by molar-refractivity contribution is 6.45. The van der Waals surface area contributed by atoms with Gasteiger partial charge in [-0.25, -0.2) is 0 Å². The van der Waals surface area contributed by atoms with Gasteiger partial charge in [0.2, 0.25) is 5.91 Å². The van der Waals surface area contributed by atoms with Crippen molar-refractivity contribution in [2.24, 2.45) is 0 Å². The average Bonchev–Trinajstić information content (AvgIpc) is 3.57. The van der Waals surface area contributed by atoms with Crippen molar-refractivity contribution >= 4 is 40.0 Å². The molecular weight excluding hydrogens is 456 g/mol. The van der Waals surface area contributed by atoms with Crippen LogP contribution in [0.2, 0.25) is 0 Å². The molecule has 0 atom stereocenters. The van der Waals surface area contributed by atoms with Gasteiger partial charge in [-0.15, -0.1) is 0 Å². The Bertz CT molecular complexity index is 1310. The predicted molar refractivity (Wildman–Crippen MR) is 137 cm³/mol. The number of para-hydroxylation sites is 1. The maximum absolute atomic E-state index is 13.3. The molecule has 2 aliphatic heterocycles. The fourth-order valence-corrected chi connectivity index (χ4v) is 5.10. The van der Waals surface area contributed by atoms with E-state index in [2.05, 4.69) is 4.90 Å². The second-order valence-corrected chi connectivity index (χ2v) is 9.49. The topological polar surface area (TPSA) is 82.9 Å². The highest BCUT2D eigenvalue weighted by Gasteiger charge is 2.29. The quantitative estimate of drug-likeness (QED) is 0.395. The SMILES string of the molecule is CC(=O)c1ccc(N2CCN(C(=O)C(=O)c3cn(CC(=O)N4CCCC4)c4ccccc34)CC2)cc1. The van der Waals surface area contributed by atoms with Crippen LogP contribution < -0.4 is 4.90 Å². The number of fused-ring (bicyclic) bond motifs is 1. The average molecular weight is 487 g/mol. The highest BCUT2D eigenvalue weighted by atomic mass is 16.2. The number of hydrogen-bond acceptors (Lipinski definition) is 5. The summed E-state index contributed by atoms with van der Waals surface area (Å²) in [5.74, 6) is -1.00. The molecule has 3 aromatic rings. The zero-order valence-electron chi connectivity index (χ0n) is 20.5. The largest absolute Gasteiger partial charge is 0.368 e. The lowest BCUT2D eigenvalue weighted by Crippen LogP contribution is -2.50. The number of piperazine rings is 1. The Balaban J connectivity index is 1.28. The van der Waals surface area contributed by atoms with Crippen LogP contribution in [0.15, 0.2) is 54.7 Å². The minimum atomic E-state index is -0.544. The number of amides is 2. The van der Waals surface area contributed by atoms with Crippen molar-refractivity contribution in [3.05, 3.63) is 65.9 Å². The van der Waals surface area contributed by atoms with Crippen molar-refractivity contribution in [3.8, 4) is 0 Å². The summed E-state index contributed by atoms with van der Waals surface area (Å²) in [5, 5.41) is 0.689. The van der Waals surface area contributed by atoms with Gasteiger partial charge in [0, 0.05) is 67.6 Å². The minimum absolute atomic E-state index is 0.0252. The third kappa shape index (κ3) is 4.63. The minimum Gasteiger partial charge on any atom is -0.368 e. The van der Waals surface area contributed by atoms with Gasteiger partial charge in [0.1, 0.15) is 6.54 Å². The van der Waals surface area contributed by atoms with E-state index in [1.54, 1.807) is 22.6 Å². The van der Waals surface area contributed by atoms with E-state index in [-0.39, 0.29) is 18.2 Å². The molecule has 1 aromatic heterocycles. The van der Waals surface area contributed by atoms with Crippen LogP contribution in [0.25, 0.3) is 10.9 Å². The lowest BCUT2D eigenvalue weighted by Gasteiger charge is -2.35. The molecule has 0 spiro atoms. The van der Waals surface area contributed by atoms with Gasteiger partial charge in [-0.3, -0.25) is 19.2 Å². The smallest absolute Gasteiger partial charge is 0.295 e. The van der Waals surface area contributed by atoms with Crippen molar-refractivity contribution in [2.45, 2.75) is 26.3 Å². The molecule has 36 heavy (non-hydrogen) atoms. The van der Waals surface area contributed by atoms with Crippen molar-refractivity contribution in [3.63, 3.8) is 0 Å². The summed E-state index contributed by atoms with van der Waals surface area (Å²) in [4.78, 5) is 56.4.